The van der Waals surface area contributed by atoms with Gasteiger partial charge in [-0.1, -0.05) is 29.3 Å². The summed E-state index contributed by atoms with van der Waals surface area (Å²) in [7, 11) is 0. The van der Waals surface area contributed by atoms with Gasteiger partial charge in [-0.15, -0.1) is 0 Å². The first kappa shape index (κ1) is 14.3. The summed E-state index contributed by atoms with van der Waals surface area (Å²) in [5, 5.41) is 10.7. The summed E-state index contributed by atoms with van der Waals surface area (Å²) in [6, 6.07) is 6.07. The van der Waals surface area contributed by atoms with Gasteiger partial charge in [0.1, 0.15) is 5.82 Å². The van der Waals surface area contributed by atoms with Crippen molar-refractivity contribution < 1.29 is 9.50 Å². The monoisotopic (exact) mass is 299 g/mol. The lowest BCUT2D eigenvalue weighted by Gasteiger charge is -2.25. The largest absolute Gasteiger partial charge is 0.385 e. The zero-order valence-corrected chi connectivity index (χ0v) is 11.7. The minimum absolute atomic E-state index is 0.0640. The first-order chi connectivity index (χ1) is 8.90. The van der Waals surface area contributed by atoms with Crippen molar-refractivity contribution >= 4 is 23.2 Å². The summed E-state index contributed by atoms with van der Waals surface area (Å²) in [5.74, 6) is -0.604. The maximum Gasteiger partial charge on any atom is 0.142 e. The van der Waals surface area contributed by atoms with Crippen LogP contribution in [-0.2, 0) is 12.0 Å². The molecule has 0 aliphatic heterocycles. The molecule has 0 fully saturated rings. The fraction of sp³-hybridized carbons (Fsp3) is 0.214. The molecule has 2 nitrogen and oxygen atoms in total. The van der Waals surface area contributed by atoms with E-state index in [1.807, 2.05) is 6.07 Å². The molecule has 1 aromatic carbocycles. The van der Waals surface area contributed by atoms with Crippen LogP contribution in [0.3, 0.4) is 0 Å². The molecule has 0 saturated carbocycles. The lowest BCUT2D eigenvalue weighted by Crippen LogP contribution is -2.25. The van der Waals surface area contributed by atoms with Crippen LogP contribution in [0.5, 0.6) is 0 Å². The molecule has 0 bridgehead atoms. The summed E-state index contributed by atoms with van der Waals surface area (Å²) in [6.45, 7) is 1.58. The summed E-state index contributed by atoms with van der Waals surface area (Å²) < 4.78 is 13.5. The van der Waals surface area contributed by atoms with Crippen LogP contribution in [0, 0.1) is 5.82 Å². The molecular formula is C14H12Cl2FNO. The quantitative estimate of drug-likeness (QED) is 0.870. The summed E-state index contributed by atoms with van der Waals surface area (Å²) >= 11 is 11.7. The van der Waals surface area contributed by atoms with Gasteiger partial charge in [-0.3, -0.25) is 4.98 Å². The van der Waals surface area contributed by atoms with E-state index in [1.54, 1.807) is 25.4 Å². The van der Waals surface area contributed by atoms with Crippen molar-refractivity contribution in [2.24, 2.45) is 0 Å². The molecule has 2 aromatic rings. The van der Waals surface area contributed by atoms with Gasteiger partial charge in [-0.2, -0.15) is 0 Å². The topological polar surface area (TPSA) is 33.1 Å². The van der Waals surface area contributed by atoms with Crippen LogP contribution in [0.4, 0.5) is 4.39 Å². The van der Waals surface area contributed by atoms with E-state index in [9.17, 15) is 9.50 Å². The number of aromatic nitrogens is 1. The Bertz CT molecular complexity index is 587. The van der Waals surface area contributed by atoms with Gasteiger partial charge in [0.15, 0.2) is 0 Å². The number of halogens is 3. The molecule has 0 aliphatic carbocycles. The van der Waals surface area contributed by atoms with E-state index in [2.05, 4.69) is 4.98 Å². The number of aliphatic hydroxyl groups is 1. The summed E-state index contributed by atoms with van der Waals surface area (Å²) in [6.07, 6.45) is 3.57. The van der Waals surface area contributed by atoms with E-state index in [0.29, 0.717) is 5.56 Å². The Hall–Kier alpha value is -1.16. The van der Waals surface area contributed by atoms with Crippen LogP contribution in [-0.4, -0.2) is 10.1 Å². The van der Waals surface area contributed by atoms with E-state index in [-0.39, 0.29) is 16.5 Å². The summed E-state index contributed by atoms with van der Waals surface area (Å²) in [5.41, 5.74) is -0.162. The van der Waals surface area contributed by atoms with Crippen LogP contribution in [0.2, 0.25) is 10.0 Å². The first-order valence-electron chi connectivity index (χ1n) is 5.66. The molecule has 0 spiro atoms. The molecule has 0 saturated heterocycles. The average molecular weight is 300 g/mol. The molecule has 1 atom stereocenters. The minimum atomic E-state index is -1.30. The molecule has 1 heterocycles. The van der Waals surface area contributed by atoms with Crippen molar-refractivity contribution in [2.75, 3.05) is 0 Å². The van der Waals surface area contributed by atoms with E-state index < -0.39 is 11.4 Å². The summed E-state index contributed by atoms with van der Waals surface area (Å²) in [4.78, 5) is 3.98. The number of hydrogen-bond donors (Lipinski definition) is 1. The SMILES string of the molecule is CC(O)(Cc1cccnc1)c1cc(F)c(Cl)cc1Cl. The zero-order valence-electron chi connectivity index (χ0n) is 10.2. The second kappa shape index (κ2) is 5.45. The normalized spacial score (nSPS) is 14.2. The van der Waals surface area contributed by atoms with Crippen LogP contribution >= 0.6 is 23.2 Å². The average Bonchev–Trinajstić information content (AvgIpc) is 2.34. The maximum absolute atomic E-state index is 13.5. The van der Waals surface area contributed by atoms with Crippen molar-refractivity contribution in [1.29, 1.82) is 0 Å². The van der Waals surface area contributed by atoms with E-state index in [0.717, 1.165) is 5.56 Å². The highest BCUT2D eigenvalue weighted by molar-refractivity contribution is 6.35. The second-order valence-corrected chi connectivity index (χ2v) is 5.37. The molecule has 2 rings (SSSR count). The highest BCUT2D eigenvalue weighted by atomic mass is 35.5. The fourth-order valence-corrected chi connectivity index (χ4v) is 2.52. The standard InChI is InChI=1S/C14H12Cl2FNO/c1-14(19,7-9-3-2-4-18-8-9)10-5-13(17)12(16)6-11(10)15/h2-6,8,19H,7H2,1H3. The van der Waals surface area contributed by atoms with Crippen molar-refractivity contribution in [3.05, 3.63) is 63.6 Å². The molecule has 0 aliphatic rings. The van der Waals surface area contributed by atoms with Gasteiger partial charge in [0.2, 0.25) is 0 Å². The number of hydrogen-bond acceptors (Lipinski definition) is 2. The zero-order chi connectivity index (χ0) is 14.0. The second-order valence-electron chi connectivity index (χ2n) is 4.56. The lowest BCUT2D eigenvalue weighted by molar-refractivity contribution is 0.0573. The van der Waals surface area contributed by atoms with Crippen LogP contribution in [0.1, 0.15) is 18.1 Å². The number of benzene rings is 1. The number of nitrogens with zero attached hydrogens (tertiary/aromatic N) is 1. The first-order valence-corrected chi connectivity index (χ1v) is 6.42. The third kappa shape index (κ3) is 3.24. The van der Waals surface area contributed by atoms with E-state index >= 15 is 0 Å². The minimum Gasteiger partial charge on any atom is -0.385 e. The molecule has 5 heteroatoms. The number of rotatable bonds is 3. The Morgan fingerprint density at radius 3 is 2.68 bits per heavy atom. The Morgan fingerprint density at radius 2 is 2.05 bits per heavy atom. The highest BCUT2D eigenvalue weighted by Gasteiger charge is 2.27. The number of pyridine rings is 1. The Morgan fingerprint density at radius 1 is 1.32 bits per heavy atom. The van der Waals surface area contributed by atoms with Crippen molar-refractivity contribution in [3.63, 3.8) is 0 Å². The molecule has 1 aromatic heterocycles. The van der Waals surface area contributed by atoms with Crippen molar-refractivity contribution in [1.82, 2.24) is 4.98 Å². The fourth-order valence-electron chi connectivity index (χ4n) is 1.93. The van der Waals surface area contributed by atoms with Crippen LogP contribution in [0.15, 0.2) is 36.7 Å². The van der Waals surface area contributed by atoms with Crippen molar-refractivity contribution in [3.8, 4) is 0 Å². The predicted molar refractivity (Wildman–Crippen MR) is 73.9 cm³/mol. The predicted octanol–water partition coefficient (Wildman–Crippen LogP) is 3.98. The lowest BCUT2D eigenvalue weighted by atomic mass is 9.89. The molecular weight excluding hydrogens is 288 g/mol. The van der Waals surface area contributed by atoms with Crippen LogP contribution in [0.25, 0.3) is 0 Å². The third-order valence-corrected chi connectivity index (χ3v) is 3.46. The van der Waals surface area contributed by atoms with Gasteiger partial charge in [-0.05, 0) is 30.7 Å². The van der Waals surface area contributed by atoms with Gasteiger partial charge < -0.3 is 5.11 Å². The molecule has 100 valence electrons. The molecule has 1 N–H and O–H groups in total. The van der Waals surface area contributed by atoms with Gasteiger partial charge >= 0.3 is 0 Å². The Balaban J connectivity index is 2.37. The molecule has 1 unspecified atom stereocenters. The van der Waals surface area contributed by atoms with Gasteiger partial charge in [-0.25, -0.2) is 4.39 Å². The highest BCUT2D eigenvalue weighted by Crippen LogP contribution is 2.34. The third-order valence-electron chi connectivity index (χ3n) is 2.86. The van der Waals surface area contributed by atoms with E-state index in [1.165, 1.54) is 12.1 Å². The Labute approximate surface area is 120 Å². The van der Waals surface area contributed by atoms with Gasteiger partial charge in [0.05, 0.1) is 10.6 Å². The molecule has 19 heavy (non-hydrogen) atoms. The Kier molecular flexibility index (Phi) is 4.09. The van der Waals surface area contributed by atoms with Gasteiger partial charge in [0.25, 0.3) is 0 Å². The molecule has 0 amide bonds. The van der Waals surface area contributed by atoms with Crippen molar-refractivity contribution in [2.45, 2.75) is 18.9 Å². The molecule has 0 radical (unpaired) electrons. The van der Waals surface area contributed by atoms with Gasteiger partial charge in [0, 0.05) is 29.4 Å². The maximum atomic E-state index is 13.5. The van der Waals surface area contributed by atoms with E-state index in [4.69, 9.17) is 23.2 Å². The van der Waals surface area contributed by atoms with Crippen LogP contribution < -0.4 is 0 Å². The smallest absolute Gasteiger partial charge is 0.142 e.